The summed E-state index contributed by atoms with van der Waals surface area (Å²) < 4.78 is 0. The molecule has 5 heteroatoms. The van der Waals surface area contributed by atoms with Crippen LogP contribution in [0.3, 0.4) is 0 Å². The van der Waals surface area contributed by atoms with Gasteiger partial charge in [0, 0.05) is 18.8 Å². The summed E-state index contributed by atoms with van der Waals surface area (Å²) in [5.74, 6) is 0.233. The van der Waals surface area contributed by atoms with Gasteiger partial charge in [0.15, 0.2) is 0 Å². The average Bonchev–Trinajstić information content (AvgIpc) is 2.61. The molecule has 1 aromatic heterocycles. The second-order valence-corrected chi connectivity index (χ2v) is 4.61. The molecule has 17 heavy (non-hydrogen) atoms. The Bertz CT molecular complexity index is 421. The highest BCUT2D eigenvalue weighted by atomic mass is 16.2. The first-order chi connectivity index (χ1) is 8.08. The first-order valence-electron chi connectivity index (χ1n) is 5.92. The maximum Gasteiger partial charge on any atom is 0.227 e. The average molecular weight is 235 g/mol. The number of amides is 1. The third-order valence-electron chi connectivity index (χ3n) is 3.29. The van der Waals surface area contributed by atoms with Crippen LogP contribution < -0.4 is 5.32 Å². The Kier molecular flexibility index (Phi) is 3.26. The van der Waals surface area contributed by atoms with Crippen molar-refractivity contribution in [1.82, 2.24) is 10.2 Å². The fraction of sp³-hybridized carbons (Fsp3) is 0.583. The predicted octanol–water partition coefficient (Wildman–Crippen LogP) is 1.72. The number of nitrogens with zero attached hydrogens (tertiary/aromatic N) is 1. The van der Waals surface area contributed by atoms with Crippen LogP contribution in [-0.4, -0.2) is 21.9 Å². The van der Waals surface area contributed by atoms with Gasteiger partial charge in [0.05, 0.1) is 17.1 Å². The molecule has 1 heterocycles. The van der Waals surface area contributed by atoms with Crippen molar-refractivity contribution < 1.29 is 9.59 Å². The van der Waals surface area contributed by atoms with Crippen LogP contribution >= 0.6 is 0 Å². The van der Waals surface area contributed by atoms with Crippen LogP contribution in [0.15, 0.2) is 0 Å². The summed E-state index contributed by atoms with van der Waals surface area (Å²) in [6.45, 7) is 3.73. The topological polar surface area (TPSA) is 74.8 Å². The van der Waals surface area contributed by atoms with Crippen molar-refractivity contribution >= 4 is 17.4 Å². The van der Waals surface area contributed by atoms with E-state index in [9.17, 15) is 9.59 Å². The molecule has 1 aliphatic carbocycles. The van der Waals surface area contributed by atoms with Crippen LogP contribution in [-0.2, 0) is 9.59 Å². The van der Waals surface area contributed by atoms with Crippen molar-refractivity contribution in [2.75, 3.05) is 5.32 Å². The lowest BCUT2D eigenvalue weighted by Gasteiger charge is -2.20. The van der Waals surface area contributed by atoms with Crippen LogP contribution in [0.2, 0.25) is 0 Å². The molecule has 1 amide bonds. The smallest absolute Gasteiger partial charge is 0.227 e. The molecule has 2 N–H and O–H groups in total. The first kappa shape index (κ1) is 11.8. The second kappa shape index (κ2) is 4.69. The zero-order chi connectivity index (χ0) is 12.4. The number of aromatic amines is 1. The maximum absolute atomic E-state index is 12.0. The molecule has 1 fully saturated rings. The molecule has 0 bridgehead atoms. The minimum absolute atomic E-state index is 0.00472. The molecule has 0 saturated heterocycles. The molecular formula is C12H17N3O2. The van der Waals surface area contributed by atoms with Crippen molar-refractivity contribution in [1.29, 1.82) is 0 Å². The van der Waals surface area contributed by atoms with Gasteiger partial charge in [-0.05, 0) is 26.7 Å². The van der Waals surface area contributed by atoms with E-state index in [1.54, 1.807) is 0 Å². The number of H-pyrrole nitrogens is 1. The molecular weight excluding hydrogens is 218 g/mol. The number of aromatic nitrogens is 2. The van der Waals surface area contributed by atoms with Gasteiger partial charge in [-0.3, -0.25) is 14.7 Å². The van der Waals surface area contributed by atoms with Crippen molar-refractivity contribution in [2.45, 2.75) is 39.5 Å². The minimum atomic E-state index is -0.0404. The number of rotatable bonds is 2. The van der Waals surface area contributed by atoms with E-state index >= 15 is 0 Å². The van der Waals surface area contributed by atoms with Gasteiger partial charge in [-0.15, -0.1) is 0 Å². The molecule has 0 radical (unpaired) electrons. The summed E-state index contributed by atoms with van der Waals surface area (Å²) in [6.07, 6.45) is 2.39. The number of ketones is 1. The fourth-order valence-corrected chi connectivity index (χ4v) is 2.16. The van der Waals surface area contributed by atoms with Gasteiger partial charge in [-0.25, -0.2) is 0 Å². The van der Waals surface area contributed by atoms with Crippen LogP contribution in [0.5, 0.6) is 0 Å². The van der Waals surface area contributed by atoms with E-state index in [0.29, 0.717) is 25.7 Å². The van der Waals surface area contributed by atoms with Crippen LogP contribution in [0.1, 0.15) is 37.1 Å². The van der Waals surface area contributed by atoms with Crippen LogP contribution in [0, 0.1) is 19.8 Å². The number of hydrogen-bond donors (Lipinski definition) is 2. The number of anilines is 1. The zero-order valence-corrected chi connectivity index (χ0v) is 10.2. The van der Waals surface area contributed by atoms with Gasteiger partial charge in [0.25, 0.3) is 0 Å². The summed E-state index contributed by atoms with van der Waals surface area (Å²) in [5.41, 5.74) is 2.43. The number of nitrogens with one attached hydrogen (secondary N) is 2. The highest BCUT2D eigenvalue weighted by molar-refractivity contribution is 5.94. The van der Waals surface area contributed by atoms with Gasteiger partial charge in [-0.2, -0.15) is 5.10 Å². The van der Waals surface area contributed by atoms with E-state index in [-0.39, 0.29) is 17.6 Å². The molecule has 1 saturated carbocycles. The first-order valence-corrected chi connectivity index (χ1v) is 5.92. The quantitative estimate of drug-likeness (QED) is 0.819. The number of carbonyl (C=O) groups is 2. The third kappa shape index (κ3) is 2.54. The molecule has 92 valence electrons. The van der Waals surface area contributed by atoms with Crippen molar-refractivity contribution in [2.24, 2.45) is 5.92 Å². The summed E-state index contributed by atoms with van der Waals surface area (Å²) in [5, 5.41) is 9.77. The third-order valence-corrected chi connectivity index (χ3v) is 3.29. The van der Waals surface area contributed by atoms with Gasteiger partial charge in [0.2, 0.25) is 5.91 Å². The molecule has 1 aromatic rings. The molecule has 0 unspecified atom stereocenters. The van der Waals surface area contributed by atoms with E-state index in [1.807, 2.05) is 13.8 Å². The maximum atomic E-state index is 12.0. The van der Waals surface area contributed by atoms with Gasteiger partial charge < -0.3 is 5.32 Å². The molecule has 2 rings (SSSR count). The number of Topliss-reactive ketones (excluding diaryl/α,β-unsaturated/α-hetero) is 1. The lowest BCUT2D eigenvalue weighted by molar-refractivity contribution is -0.125. The summed E-state index contributed by atoms with van der Waals surface area (Å²) in [6, 6.07) is 0. The molecule has 1 aliphatic rings. The highest BCUT2D eigenvalue weighted by Gasteiger charge is 2.25. The standard InChI is InChI=1S/C12H17N3O2/c1-7-11(8(2)15-14-7)13-12(17)9-3-5-10(16)6-4-9/h9H,3-6H2,1-2H3,(H,13,17)(H,14,15). The SMILES string of the molecule is Cc1n[nH]c(C)c1NC(=O)C1CCC(=O)CC1. The van der Waals surface area contributed by atoms with E-state index < -0.39 is 0 Å². The summed E-state index contributed by atoms with van der Waals surface area (Å²) in [7, 11) is 0. The van der Waals surface area contributed by atoms with Crippen molar-refractivity contribution in [3.05, 3.63) is 11.4 Å². The normalized spacial score (nSPS) is 17.2. The lowest BCUT2D eigenvalue weighted by Crippen LogP contribution is -2.27. The van der Waals surface area contributed by atoms with Gasteiger partial charge >= 0.3 is 0 Å². The largest absolute Gasteiger partial charge is 0.323 e. The molecule has 5 nitrogen and oxygen atoms in total. The van der Waals surface area contributed by atoms with E-state index in [2.05, 4.69) is 15.5 Å². The Morgan fingerprint density at radius 3 is 2.53 bits per heavy atom. The molecule has 0 atom stereocenters. The Balaban J connectivity index is 2.00. The predicted molar refractivity (Wildman–Crippen MR) is 63.7 cm³/mol. The second-order valence-electron chi connectivity index (χ2n) is 4.61. The number of carbonyl (C=O) groups excluding carboxylic acids is 2. The zero-order valence-electron chi connectivity index (χ0n) is 10.2. The number of hydrogen-bond acceptors (Lipinski definition) is 3. The van der Waals surface area contributed by atoms with E-state index in [4.69, 9.17) is 0 Å². The summed E-state index contributed by atoms with van der Waals surface area (Å²) in [4.78, 5) is 23.1. The Morgan fingerprint density at radius 2 is 2.00 bits per heavy atom. The van der Waals surface area contributed by atoms with Crippen LogP contribution in [0.25, 0.3) is 0 Å². The monoisotopic (exact) mass is 235 g/mol. The summed E-state index contributed by atoms with van der Waals surface area (Å²) >= 11 is 0. The van der Waals surface area contributed by atoms with Gasteiger partial charge in [-0.1, -0.05) is 0 Å². The highest BCUT2D eigenvalue weighted by Crippen LogP contribution is 2.24. The molecule has 0 aromatic carbocycles. The lowest BCUT2D eigenvalue weighted by atomic mass is 9.88. The van der Waals surface area contributed by atoms with E-state index in [0.717, 1.165) is 17.1 Å². The molecule has 0 spiro atoms. The minimum Gasteiger partial charge on any atom is -0.323 e. The molecule has 0 aliphatic heterocycles. The Labute approximate surface area is 100.0 Å². The van der Waals surface area contributed by atoms with Gasteiger partial charge in [0.1, 0.15) is 5.78 Å². The Hall–Kier alpha value is -1.65. The fourth-order valence-electron chi connectivity index (χ4n) is 2.16. The van der Waals surface area contributed by atoms with Crippen LogP contribution in [0.4, 0.5) is 5.69 Å². The van der Waals surface area contributed by atoms with Crippen molar-refractivity contribution in [3.8, 4) is 0 Å². The van der Waals surface area contributed by atoms with Crippen molar-refractivity contribution in [3.63, 3.8) is 0 Å². The van der Waals surface area contributed by atoms with E-state index in [1.165, 1.54) is 0 Å². The number of aryl methyl sites for hydroxylation is 2. The Morgan fingerprint density at radius 1 is 1.35 bits per heavy atom.